The zero-order valence-corrected chi connectivity index (χ0v) is 35.6. The lowest BCUT2D eigenvalue weighted by atomic mass is 9.99. The number of aliphatic hydroxyl groups is 3. The molecule has 12 nitrogen and oxygen atoms in total. The number of carbonyl (C=O) groups is 1. The summed E-state index contributed by atoms with van der Waals surface area (Å²) in [7, 11) is -5.05. The number of aliphatic hydroxyl groups excluding tert-OH is 3. The van der Waals surface area contributed by atoms with E-state index in [0.717, 1.165) is 38.5 Å². The van der Waals surface area contributed by atoms with Gasteiger partial charge in [0.1, 0.15) is 30.5 Å². The van der Waals surface area contributed by atoms with E-state index in [1.54, 1.807) is 0 Å². The summed E-state index contributed by atoms with van der Waals surface area (Å²) in [5, 5.41) is 30.6. The van der Waals surface area contributed by atoms with Crippen LogP contribution in [0, 0.1) is 0 Å². The first-order valence-electron chi connectivity index (χ1n) is 22.3. The van der Waals surface area contributed by atoms with Crippen LogP contribution in [0.2, 0.25) is 0 Å². The normalized spacial score (nSPS) is 20.9. The SMILES string of the molecule is CCCCCCCCCCCCCCCCOCC(COC1OC(CO)C(O)C(OS(=O)(=O)O)C1O)OC(=O)CCCCCCCCCCCCCCCC. The lowest BCUT2D eigenvalue weighted by Gasteiger charge is -2.41. The molecule has 0 bridgehead atoms. The van der Waals surface area contributed by atoms with Crippen LogP contribution in [0.1, 0.15) is 200 Å². The Morgan fingerprint density at radius 1 is 0.618 bits per heavy atom. The van der Waals surface area contributed by atoms with Gasteiger partial charge in [-0.25, -0.2) is 4.18 Å². The third-order valence-corrected chi connectivity index (χ3v) is 10.9. The minimum atomic E-state index is -5.05. The van der Waals surface area contributed by atoms with Crippen molar-refractivity contribution in [3.63, 3.8) is 0 Å². The molecule has 0 aromatic rings. The van der Waals surface area contributed by atoms with Gasteiger partial charge in [-0.1, -0.05) is 181 Å². The second-order valence-electron chi connectivity index (χ2n) is 15.7. The molecule has 55 heavy (non-hydrogen) atoms. The Labute approximate surface area is 335 Å². The summed E-state index contributed by atoms with van der Waals surface area (Å²) in [6.07, 6.45) is 25.6. The number of hydrogen-bond acceptors (Lipinski definition) is 11. The van der Waals surface area contributed by atoms with E-state index < -0.39 is 59.8 Å². The lowest BCUT2D eigenvalue weighted by Crippen LogP contribution is -2.60. The molecule has 6 atom stereocenters. The van der Waals surface area contributed by atoms with Crippen LogP contribution in [0.4, 0.5) is 0 Å². The van der Waals surface area contributed by atoms with Gasteiger partial charge in [-0.15, -0.1) is 0 Å². The lowest BCUT2D eigenvalue weighted by molar-refractivity contribution is -0.301. The highest BCUT2D eigenvalue weighted by atomic mass is 32.3. The third kappa shape index (κ3) is 29.0. The number of hydrogen-bond donors (Lipinski definition) is 4. The topological polar surface area (TPSA) is 178 Å². The summed E-state index contributed by atoms with van der Waals surface area (Å²) in [6, 6.07) is 0. The van der Waals surface area contributed by atoms with E-state index in [1.165, 1.54) is 135 Å². The maximum atomic E-state index is 12.8. The second-order valence-corrected chi connectivity index (χ2v) is 16.7. The Kier molecular flexibility index (Phi) is 33.2. The Hall–Kier alpha value is -0.900. The summed E-state index contributed by atoms with van der Waals surface area (Å²) in [5.41, 5.74) is 0. The smallest absolute Gasteiger partial charge is 0.397 e. The Balaban J connectivity index is 2.43. The zero-order chi connectivity index (χ0) is 40.4. The van der Waals surface area contributed by atoms with Gasteiger partial charge in [0.05, 0.1) is 19.8 Å². The summed E-state index contributed by atoms with van der Waals surface area (Å²) < 4.78 is 59.0. The van der Waals surface area contributed by atoms with Crippen LogP contribution in [-0.2, 0) is 38.3 Å². The fraction of sp³-hybridized carbons (Fsp3) is 0.976. The van der Waals surface area contributed by atoms with E-state index >= 15 is 0 Å². The highest BCUT2D eigenvalue weighted by molar-refractivity contribution is 7.80. The van der Waals surface area contributed by atoms with E-state index in [0.29, 0.717) is 13.0 Å². The molecule has 0 radical (unpaired) electrons. The van der Waals surface area contributed by atoms with Gasteiger partial charge < -0.3 is 34.3 Å². The molecule has 0 aliphatic carbocycles. The molecule has 6 unspecified atom stereocenters. The van der Waals surface area contributed by atoms with Crippen LogP contribution in [0.25, 0.3) is 0 Å². The average molecular weight is 811 g/mol. The van der Waals surface area contributed by atoms with Crippen LogP contribution >= 0.6 is 0 Å². The largest absolute Gasteiger partial charge is 0.457 e. The molecule has 0 saturated carbocycles. The minimum Gasteiger partial charge on any atom is -0.457 e. The molecular weight excluding hydrogens is 729 g/mol. The summed E-state index contributed by atoms with van der Waals surface area (Å²) in [4.78, 5) is 12.8. The van der Waals surface area contributed by atoms with E-state index in [1.807, 2.05) is 0 Å². The molecule has 328 valence electrons. The quantitative estimate of drug-likeness (QED) is 0.0264. The maximum Gasteiger partial charge on any atom is 0.397 e. The van der Waals surface area contributed by atoms with Crippen LogP contribution in [0.5, 0.6) is 0 Å². The minimum absolute atomic E-state index is 0.0444. The molecule has 0 spiro atoms. The van der Waals surface area contributed by atoms with E-state index in [4.69, 9.17) is 23.5 Å². The number of esters is 1. The Bertz CT molecular complexity index is 984. The molecule has 1 rings (SSSR count). The molecule has 1 aliphatic heterocycles. The van der Waals surface area contributed by atoms with Crippen LogP contribution < -0.4 is 0 Å². The first-order valence-corrected chi connectivity index (χ1v) is 23.7. The van der Waals surface area contributed by atoms with E-state index in [-0.39, 0.29) is 19.6 Å². The number of ether oxygens (including phenoxy) is 4. The fourth-order valence-corrected chi connectivity index (χ4v) is 7.59. The van der Waals surface area contributed by atoms with Crippen LogP contribution in [0.15, 0.2) is 0 Å². The van der Waals surface area contributed by atoms with Crippen LogP contribution in [0.3, 0.4) is 0 Å². The average Bonchev–Trinajstić information content (AvgIpc) is 3.15. The molecule has 4 N–H and O–H groups in total. The predicted molar refractivity (Wildman–Crippen MR) is 216 cm³/mol. The molecule has 1 aliphatic rings. The van der Waals surface area contributed by atoms with Crippen molar-refractivity contribution >= 4 is 16.4 Å². The van der Waals surface area contributed by atoms with Crippen molar-refractivity contribution in [2.75, 3.05) is 26.4 Å². The van der Waals surface area contributed by atoms with Gasteiger partial charge in [-0.2, -0.15) is 8.42 Å². The van der Waals surface area contributed by atoms with Gasteiger partial charge in [0.15, 0.2) is 6.29 Å². The number of rotatable bonds is 39. The van der Waals surface area contributed by atoms with Crippen molar-refractivity contribution in [3.05, 3.63) is 0 Å². The molecule has 0 aromatic heterocycles. The van der Waals surface area contributed by atoms with Crippen LogP contribution in [-0.4, -0.2) is 97.5 Å². The first kappa shape index (κ1) is 52.1. The fourth-order valence-electron chi connectivity index (χ4n) is 7.09. The first-order chi connectivity index (χ1) is 26.6. The third-order valence-electron chi connectivity index (χ3n) is 10.5. The molecule has 1 saturated heterocycles. The summed E-state index contributed by atoms with van der Waals surface area (Å²) in [5.74, 6) is -0.394. The molecular formula is C42H82O12S. The Morgan fingerprint density at radius 2 is 1.04 bits per heavy atom. The van der Waals surface area contributed by atoms with Gasteiger partial charge >= 0.3 is 16.4 Å². The van der Waals surface area contributed by atoms with Gasteiger partial charge in [0.25, 0.3) is 0 Å². The highest BCUT2D eigenvalue weighted by Crippen LogP contribution is 2.26. The molecule has 13 heteroatoms. The molecule has 1 heterocycles. The zero-order valence-electron chi connectivity index (χ0n) is 34.8. The standard InChI is InChI=1S/C42H82O12S/c1-3-5-7-9-11-13-15-17-19-21-23-25-27-29-31-38(44)52-36(34-50-32-30-28-26-24-22-20-18-16-14-12-10-8-6-4-2)35-51-42-40(46)41(54-55(47,48)49)39(45)37(33-43)53-42/h36-37,39-43,45-46H,3-35H2,1-2H3,(H,47,48,49). The molecule has 1 fully saturated rings. The van der Waals surface area contributed by atoms with Crippen molar-refractivity contribution in [1.82, 2.24) is 0 Å². The van der Waals surface area contributed by atoms with Gasteiger partial charge in [-0.3, -0.25) is 9.35 Å². The Morgan fingerprint density at radius 3 is 1.45 bits per heavy atom. The summed E-state index contributed by atoms with van der Waals surface area (Å²) >= 11 is 0. The summed E-state index contributed by atoms with van der Waals surface area (Å²) in [6.45, 7) is 4.02. The second kappa shape index (κ2) is 35.1. The van der Waals surface area contributed by atoms with Gasteiger partial charge in [0.2, 0.25) is 0 Å². The van der Waals surface area contributed by atoms with Gasteiger partial charge in [-0.05, 0) is 12.8 Å². The number of unbranched alkanes of at least 4 members (excludes halogenated alkanes) is 26. The molecule has 0 amide bonds. The maximum absolute atomic E-state index is 12.8. The van der Waals surface area contributed by atoms with Crippen molar-refractivity contribution < 1.29 is 56.2 Å². The molecule has 0 aromatic carbocycles. The van der Waals surface area contributed by atoms with Crippen molar-refractivity contribution in [2.45, 2.75) is 237 Å². The van der Waals surface area contributed by atoms with Gasteiger partial charge in [0, 0.05) is 13.0 Å². The van der Waals surface area contributed by atoms with E-state index in [9.17, 15) is 28.5 Å². The monoisotopic (exact) mass is 811 g/mol. The number of carbonyl (C=O) groups excluding carboxylic acids is 1. The van der Waals surface area contributed by atoms with E-state index in [2.05, 4.69) is 18.0 Å². The highest BCUT2D eigenvalue weighted by Gasteiger charge is 2.48. The van der Waals surface area contributed by atoms with Crippen molar-refractivity contribution in [1.29, 1.82) is 0 Å². The van der Waals surface area contributed by atoms with Crippen molar-refractivity contribution in [2.24, 2.45) is 0 Å². The predicted octanol–water partition coefficient (Wildman–Crippen LogP) is 8.91. The van der Waals surface area contributed by atoms with Crippen molar-refractivity contribution in [3.8, 4) is 0 Å².